The second-order valence-electron chi connectivity index (χ2n) is 3.68. The van der Waals surface area contributed by atoms with Crippen LogP contribution in [0, 0.1) is 0 Å². The average molecular weight is 258 g/mol. The first-order chi connectivity index (χ1) is 8.01. The third-order valence-electron chi connectivity index (χ3n) is 2.03. The maximum absolute atomic E-state index is 10.7. The van der Waals surface area contributed by atoms with Crippen LogP contribution in [-0.4, -0.2) is 32.2 Å². The Kier molecular flexibility index (Phi) is 5.17. The average Bonchev–Trinajstić information content (AvgIpc) is 2.25. The second-order valence-corrected chi connectivity index (χ2v) is 5.42. The summed E-state index contributed by atoms with van der Waals surface area (Å²) in [5, 5.41) is 11.1. The SMILES string of the molecule is CCCNc1cncc(NCCS(N)(=O)=O)c1. The van der Waals surface area contributed by atoms with Gasteiger partial charge < -0.3 is 10.6 Å². The molecule has 1 rings (SSSR count). The lowest BCUT2D eigenvalue weighted by Crippen LogP contribution is -2.22. The first-order valence-electron chi connectivity index (χ1n) is 5.44. The van der Waals surface area contributed by atoms with Gasteiger partial charge in [-0.3, -0.25) is 4.98 Å². The highest BCUT2D eigenvalue weighted by molar-refractivity contribution is 7.89. The number of pyridine rings is 1. The van der Waals surface area contributed by atoms with Crippen LogP contribution >= 0.6 is 0 Å². The quantitative estimate of drug-likeness (QED) is 0.665. The number of nitrogens with two attached hydrogens (primary N) is 1. The van der Waals surface area contributed by atoms with Crippen LogP contribution in [0.3, 0.4) is 0 Å². The highest BCUT2D eigenvalue weighted by Gasteiger charge is 2.02. The fraction of sp³-hybridized carbons (Fsp3) is 0.500. The molecule has 0 aromatic carbocycles. The van der Waals surface area contributed by atoms with Crippen molar-refractivity contribution in [1.29, 1.82) is 0 Å². The van der Waals surface area contributed by atoms with E-state index in [1.165, 1.54) is 0 Å². The van der Waals surface area contributed by atoms with Crippen molar-refractivity contribution < 1.29 is 8.42 Å². The molecule has 0 unspecified atom stereocenters. The van der Waals surface area contributed by atoms with Gasteiger partial charge in [0.2, 0.25) is 10.0 Å². The van der Waals surface area contributed by atoms with E-state index in [2.05, 4.69) is 22.5 Å². The zero-order valence-corrected chi connectivity index (χ0v) is 10.6. The van der Waals surface area contributed by atoms with Gasteiger partial charge in [-0.05, 0) is 12.5 Å². The largest absolute Gasteiger partial charge is 0.384 e. The summed E-state index contributed by atoms with van der Waals surface area (Å²) in [5.74, 6) is -0.0976. The van der Waals surface area contributed by atoms with Gasteiger partial charge in [-0.2, -0.15) is 0 Å². The minimum Gasteiger partial charge on any atom is -0.384 e. The summed E-state index contributed by atoms with van der Waals surface area (Å²) in [4.78, 5) is 4.05. The molecular weight excluding hydrogens is 240 g/mol. The number of primary sulfonamides is 1. The summed E-state index contributed by atoms with van der Waals surface area (Å²) >= 11 is 0. The Morgan fingerprint density at radius 2 is 1.82 bits per heavy atom. The Hall–Kier alpha value is -1.34. The van der Waals surface area contributed by atoms with Crippen molar-refractivity contribution >= 4 is 21.4 Å². The minimum atomic E-state index is -3.42. The van der Waals surface area contributed by atoms with Crippen molar-refractivity contribution in [2.75, 3.05) is 29.5 Å². The molecule has 1 aromatic rings. The van der Waals surface area contributed by atoms with Crippen LogP contribution in [-0.2, 0) is 10.0 Å². The fourth-order valence-corrected chi connectivity index (χ4v) is 1.63. The molecule has 4 N–H and O–H groups in total. The molecule has 1 heterocycles. The van der Waals surface area contributed by atoms with E-state index < -0.39 is 10.0 Å². The fourth-order valence-electron chi connectivity index (χ4n) is 1.24. The third-order valence-corrected chi connectivity index (χ3v) is 2.81. The van der Waals surface area contributed by atoms with Crippen LogP contribution in [0.4, 0.5) is 11.4 Å². The second kappa shape index (κ2) is 6.41. The maximum Gasteiger partial charge on any atom is 0.210 e. The van der Waals surface area contributed by atoms with Crippen molar-refractivity contribution in [3.63, 3.8) is 0 Å². The van der Waals surface area contributed by atoms with Gasteiger partial charge in [-0.25, -0.2) is 13.6 Å². The topological polar surface area (TPSA) is 97.1 Å². The molecule has 0 aliphatic carbocycles. The van der Waals surface area contributed by atoms with Gasteiger partial charge in [0.05, 0.1) is 29.5 Å². The molecule has 0 fully saturated rings. The highest BCUT2D eigenvalue weighted by atomic mass is 32.2. The zero-order chi connectivity index (χ0) is 12.7. The number of rotatable bonds is 7. The smallest absolute Gasteiger partial charge is 0.210 e. The molecule has 17 heavy (non-hydrogen) atoms. The van der Waals surface area contributed by atoms with Gasteiger partial charge in [0.1, 0.15) is 0 Å². The Morgan fingerprint density at radius 3 is 2.35 bits per heavy atom. The number of sulfonamides is 1. The van der Waals surface area contributed by atoms with E-state index in [0.29, 0.717) is 0 Å². The lowest BCUT2D eigenvalue weighted by molar-refractivity contribution is 0.598. The molecule has 0 saturated carbocycles. The number of nitrogens with zero attached hydrogens (tertiary/aromatic N) is 1. The van der Waals surface area contributed by atoms with E-state index in [9.17, 15) is 8.42 Å². The van der Waals surface area contributed by atoms with E-state index in [1.807, 2.05) is 6.07 Å². The molecule has 0 amide bonds. The Labute approximate surface area is 102 Å². The van der Waals surface area contributed by atoms with Crippen LogP contribution in [0.25, 0.3) is 0 Å². The molecule has 0 aliphatic rings. The molecule has 0 bridgehead atoms. The molecule has 0 atom stereocenters. The molecule has 1 aromatic heterocycles. The summed E-state index contributed by atoms with van der Waals surface area (Å²) in [6, 6.07) is 1.88. The number of hydrogen-bond donors (Lipinski definition) is 3. The van der Waals surface area contributed by atoms with Gasteiger partial charge in [0.15, 0.2) is 0 Å². The number of aromatic nitrogens is 1. The standard InChI is InChI=1S/C10H18N4O2S/c1-2-3-13-9-6-10(8-12-7-9)14-4-5-17(11,15)16/h6-8,13-14H,2-5H2,1H3,(H2,11,15,16). The highest BCUT2D eigenvalue weighted by Crippen LogP contribution is 2.12. The van der Waals surface area contributed by atoms with E-state index >= 15 is 0 Å². The van der Waals surface area contributed by atoms with Crippen LogP contribution in [0.1, 0.15) is 13.3 Å². The molecule has 0 saturated heterocycles. The van der Waals surface area contributed by atoms with Crippen molar-refractivity contribution in [3.8, 4) is 0 Å². The lowest BCUT2D eigenvalue weighted by Gasteiger charge is -2.08. The Bertz CT molecular complexity index is 447. The van der Waals surface area contributed by atoms with E-state index in [1.54, 1.807) is 12.4 Å². The Balaban J connectivity index is 2.48. The molecule has 0 radical (unpaired) electrons. The first kappa shape index (κ1) is 13.7. The molecule has 7 heteroatoms. The lowest BCUT2D eigenvalue weighted by atomic mass is 10.3. The molecular formula is C10H18N4O2S. The van der Waals surface area contributed by atoms with Gasteiger partial charge in [-0.15, -0.1) is 0 Å². The summed E-state index contributed by atoms with van der Waals surface area (Å²) in [7, 11) is -3.42. The molecule has 0 spiro atoms. The van der Waals surface area contributed by atoms with Crippen molar-refractivity contribution in [1.82, 2.24) is 4.98 Å². The van der Waals surface area contributed by atoms with Crippen molar-refractivity contribution in [3.05, 3.63) is 18.5 Å². The predicted molar refractivity (Wildman–Crippen MR) is 69.5 cm³/mol. The number of anilines is 2. The number of hydrogen-bond acceptors (Lipinski definition) is 5. The predicted octanol–water partition coefficient (Wildman–Crippen LogP) is 0.604. The van der Waals surface area contributed by atoms with E-state index in [4.69, 9.17) is 5.14 Å². The van der Waals surface area contributed by atoms with Crippen LogP contribution < -0.4 is 15.8 Å². The van der Waals surface area contributed by atoms with Gasteiger partial charge >= 0.3 is 0 Å². The first-order valence-corrected chi connectivity index (χ1v) is 7.16. The van der Waals surface area contributed by atoms with E-state index in [-0.39, 0.29) is 12.3 Å². The van der Waals surface area contributed by atoms with Crippen LogP contribution in [0.5, 0.6) is 0 Å². The summed E-state index contributed by atoms with van der Waals surface area (Å²) < 4.78 is 21.5. The maximum atomic E-state index is 10.7. The van der Waals surface area contributed by atoms with Crippen molar-refractivity contribution in [2.45, 2.75) is 13.3 Å². The van der Waals surface area contributed by atoms with Gasteiger partial charge in [-0.1, -0.05) is 6.92 Å². The van der Waals surface area contributed by atoms with Gasteiger partial charge in [0, 0.05) is 13.1 Å². The van der Waals surface area contributed by atoms with Gasteiger partial charge in [0.25, 0.3) is 0 Å². The normalized spacial score (nSPS) is 11.2. The molecule has 0 aliphatic heterocycles. The van der Waals surface area contributed by atoms with Crippen LogP contribution in [0.2, 0.25) is 0 Å². The Morgan fingerprint density at radius 1 is 1.24 bits per heavy atom. The molecule has 96 valence electrons. The summed E-state index contributed by atoms with van der Waals surface area (Å²) in [6.45, 7) is 3.23. The molecule has 6 nitrogen and oxygen atoms in total. The van der Waals surface area contributed by atoms with Crippen molar-refractivity contribution in [2.24, 2.45) is 5.14 Å². The monoisotopic (exact) mass is 258 g/mol. The number of nitrogens with one attached hydrogen (secondary N) is 2. The zero-order valence-electron chi connectivity index (χ0n) is 9.81. The summed E-state index contributed by atoms with van der Waals surface area (Å²) in [5.41, 5.74) is 1.68. The summed E-state index contributed by atoms with van der Waals surface area (Å²) in [6.07, 6.45) is 4.39. The third kappa shape index (κ3) is 6.08. The van der Waals surface area contributed by atoms with Crippen LogP contribution in [0.15, 0.2) is 18.5 Å². The van der Waals surface area contributed by atoms with E-state index in [0.717, 1.165) is 24.3 Å². The minimum absolute atomic E-state index is 0.0976.